The number of alkyl carbamates (subject to hydrolysis) is 1. The largest absolute Gasteiger partial charge is 0.444 e. The molecule has 1 aliphatic heterocycles. The van der Waals surface area contributed by atoms with E-state index in [-0.39, 0.29) is 24.4 Å². The first-order valence-corrected chi connectivity index (χ1v) is 8.62. The van der Waals surface area contributed by atoms with E-state index in [0.29, 0.717) is 18.8 Å². The Hall–Kier alpha value is -2.35. The highest BCUT2D eigenvalue weighted by molar-refractivity contribution is 5.89. The SMILES string of the molecule is CN1CCN(C(=O)Nc2ccc(F)cc2)C(CNC(=O)OC(C)(C)C)C1. The molecule has 1 aromatic carbocycles. The van der Waals surface area contributed by atoms with E-state index in [9.17, 15) is 14.0 Å². The Morgan fingerprint density at radius 1 is 1.23 bits per heavy atom. The summed E-state index contributed by atoms with van der Waals surface area (Å²) in [6.07, 6.45) is -0.510. The number of anilines is 1. The summed E-state index contributed by atoms with van der Waals surface area (Å²) in [4.78, 5) is 28.3. The second-order valence-electron chi connectivity index (χ2n) is 7.43. The third-order valence-electron chi connectivity index (χ3n) is 3.92. The Morgan fingerprint density at radius 2 is 1.88 bits per heavy atom. The molecule has 1 atom stereocenters. The fourth-order valence-electron chi connectivity index (χ4n) is 2.70. The molecule has 1 saturated heterocycles. The Bertz CT molecular complexity index is 630. The smallest absolute Gasteiger partial charge is 0.407 e. The summed E-state index contributed by atoms with van der Waals surface area (Å²) >= 11 is 0. The summed E-state index contributed by atoms with van der Waals surface area (Å²) in [7, 11) is 1.97. The van der Waals surface area contributed by atoms with Crippen LogP contribution < -0.4 is 10.6 Å². The maximum absolute atomic E-state index is 13.0. The van der Waals surface area contributed by atoms with Gasteiger partial charge in [0.2, 0.25) is 0 Å². The molecule has 144 valence electrons. The van der Waals surface area contributed by atoms with Crippen LogP contribution in [0.5, 0.6) is 0 Å². The number of nitrogens with zero attached hydrogens (tertiary/aromatic N) is 2. The van der Waals surface area contributed by atoms with Crippen LogP contribution in [0.15, 0.2) is 24.3 Å². The van der Waals surface area contributed by atoms with E-state index in [1.165, 1.54) is 24.3 Å². The Morgan fingerprint density at radius 3 is 2.50 bits per heavy atom. The highest BCUT2D eigenvalue weighted by Crippen LogP contribution is 2.14. The third kappa shape index (κ3) is 6.18. The minimum atomic E-state index is -0.576. The molecule has 1 unspecified atom stereocenters. The lowest BCUT2D eigenvalue weighted by atomic mass is 10.1. The lowest BCUT2D eigenvalue weighted by molar-refractivity contribution is 0.0490. The van der Waals surface area contributed by atoms with E-state index < -0.39 is 11.7 Å². The molecular weight excluding hydrogens is 339 g/mol. The van der Waals surface area contributed by atoms with Gasteiger partial charge in [-0.2, -0.15) is 0 Å². The van der Waals surface area contributed by atoms with Gasteiger partial charge in [-0.3, -0.25) is 0 Å². The van der Waals surface area contributed by atoms with Crippen LogP contribution >= 0.6 is 0 Å². The molecule has 8 heteroatoms. The van der Waals surface area contributed by atoms with Gasteiger partial charge in [0.15, 0.2) is 0 Å². The van der Waals surface area contributed by atoms with Gasteiger partial charge in [-0.05, 0) is 52.1 Å². The predicted molar refractivity (Wildman–Crippen MR) is 97.6 cm³/mol. The zero-order chi connectivity index (χ0) is 19.3. The van der Waals surface area contributed by atoms with Crippen LogP contribution in [-0.4, -0.2) is 66.8 Å². The molecule has 0 saturated carbocycles. The molecule has 26 heavy (non-hydrogen) atoms. The molecule has 0 radical (unpaired) electrons. The summed E-state index contributed by atoms with van der Waals surface area (Å²) < 4.78 is 18.2. The zero-order valence-electron chi connectivity index (χ0n) is 15.7. The molecule has 0 bridgehead atoms. The standard InChI is InChI=1S/C18H27FN4O3/c1-18(2,3)26-17(25)20-11-15-12-22(4)9-10-23(15)16(24)21-14-7-5-13(19)6-8-14/h5-8,15H,9-12H2,1-4H3,(H,20,25)(H,21,24). The van der Waals surface area contributed by atoms with Gasteiger partial charge in [-0.25, -0.2) is 14.0 Å². The molecule has 1 aromatic rings. The molecule has 3 amide bonds. The summed E-state index contributed by atoms with van der Waals surface area (Å²) in [6.45, 7) is 7.57. The van der Waals surface area contributed by atoms with Crippen molar-refractivity contribution in [3.8, 4) is 0 Å². The Labute approximate surface area is 153 Å². The fourth-order valence-corrected chi connectivity index (χ4v) is 2.70. The normalized spacial score (nSPS) is 18.3. The van der Waals surface area contributed by atoms with Gasteiger partial charge in [0.25, 0.3) is 0 Å². The number of amides is 3. The molecule has 2 rings (SSSR count). The maximum atomic E-state index is 13.0. The lowest BCUT2D eigenvalue weighted by Gasteiger charge is -2.40. The second-order valence-corrected chi connectivity index (χ2v) is 7.43. The molecule has 1 heterocycles. The number of urea groups is 1. The van der Waals surface area contributed by atoms with Gasteiger partial charge in [0.1, 0.15) is 11.4 Å². The lowest BCUT2D eigenvalue weighted by Crippen LogP contribution is -2.58. The first-order valence-electron chi connectivity index (χ1n) is 8.62. The van der Waals surface area contributed by atoms with Crippen molar-refractivity contribution < 1.29 is 18.7 Å². The summed E-state index contributed by atoms with van der Waals surface area (Å²) in [5.74, 6) is -0.359. The number of likely N-dealkylation sites (N-methyl/N-ethyl adjacent to an activating group) is 1. The molecule has 2 N–H and O–H groups in total. The Kier molecular flexibility index (Phi) is 6.42. The molecule has 1 fully saturated rings. The van der Waals surface area contributed by atoms with Gasteiger partial charge in [0, 0.05) is 31.9 Å². The number of piperazine rings is 1. The van der Waals surface area contributed by atoms with Crippen LogP contribution in [-0.2, 0) is 4.74 Å². The van der Waals surface area contributed by atoms with Gasteiger partial charge in [-0.15, -0.1) is 0 Å². The van der Waals surface area contributed by atoms with Gasteiger partial charge >= 0.3 is 12.1 Å². The number of ether oxygens (including phenoxy) is 1. The summed E-state index contributed by atoms with van der Waals surface area (Å²) in [5.41, 5.74) is -0.0539. The van der Waals surface area contributed by atoms with Crippen LogP contribution in [0, 0.1) is 5.82 Å². The van der Waals surface area contributed by atoms with E-state index in [2.05, 4.69) is 15.5 Å². The van der Waals surface area contributed by atoms with Gasteiger partial charge in [-0.1, -0.05) is 0 Å². The van der Waals surface area contributed by atoms with Crippen molar-refractivity contribution in [2.24, 2.45) is 0 Å². The maximum Gasteiger partial charge on any atom is 0.407 e. The van der Waals surface area contributed by atoms with Crippen molar-refractivity contribution in [3.05, 3.63) is 30.1 Å². The highest BCUT2D eigenvalue weighted by atomic mass is 19.1. The summed E-state index contributed by atoms with van der Waals surface area (Å²) in [5, 5.41) is 5.49. The minimum Gasteiger partial charge on any atom is -0.444 e. The number of rotatable bonds is 3. The van der Waals surface area contributed by atoms with Gasteiger partial charge in [0.05, 0.1) is 6.04 Å². The van der Waals surface area contributed by atoms with E-state index in [4.69, 9.17) is 4.74 Å². The molecular formula is C18H27FN4O3. The number of carbonyl (C=O) groups is 2. The number of halogens is 1. The molecule has 0 spiro atoms. The fraction of sp³-hybridized carbons (Fsp3) is 0.556. The molecule has 0 aromatic heterocycles. The number of benzene rings is 1. The van der Waals surface area contributed by atoms with Crippen molar-refractivity contribution in [2.75, 3.05) is 38.5 Å². The van der Waals surface area contributed by atoms with Crippen molar-refractivity contribution in [3.63, 3.8) is 0 Å². The third-order valence-corrected chi connectivity index (χ3v) is 3.92. The number of hydrogen-bond donors (Lipinski definition) is 2. The average molecular weight is 366 g/mol. The first-order chi connectivity index (χ1) is 12.1. The topological polar surface area (TPSA) is 73.9 Å². The monoisotopic (exact) mass is 366 g/mol. The van der Waals surface area contributed by atoms with Crippen LogP contribution in [0.4, 0.5) is 19.7 Å². The van der Waals surface area contributed by atoms with Crippen molar-refractivity contribution in [1.82, 2.24) is 15.1 Å². The van der Waals surface area contributed by atoms with E-state index in [1.54, 1.807) is 25.7 Å². The second kappa shape index (κ2) is 8.35. The average Bonchev–Trinajstić information content (AvgIpc) is 2.53. The van der Waals surface area contributed by atoms with Crippen LogP contribution in [0.3, 0.4) is 0 Å². The van der Waals surface area contributed by atoms with Crippen LogP contribution in [0.2, 0.25) is 0 Å². The number of carbonyl (C=O) groups excluding carboxylic acids is 2. The van der Waals surface area contributed by atoms with Crippen LogP contribution in [0.1, 0.15) is 20.8 Å². The zero-order valence-corrected chi connectivity index (χ0v) is 15.7. The van der Waals surface area contributed by atoms with Crippen molar-refractivity contribution in [1.29, 1.82) is 0 Å². The number of hydrogen-bond acceptors (Lipinski definition) is 4. The molecule has 7 nitrogen and oxygen atoms in total. The van der Waals surface area contributed by atoms with Crippen LogP contribution in [0.25, 0.3) is 0 Å². The quantitative estimate of drug-likeness (QED) is 0.862. The van der Waals surface area contributed by atoms with Gasteiger partial charge < -0.3 is 25.2 Å². The van der Waals surface area contributed by atoms with Crippen molar-refractivity contribution in [2.45, 2.75) is 32.4 Å². The minimum absolute atomic E-state index is 0.193. The Balaban J connectivity index is 1.96. The van der Waals surface area contributed by atoms with Crippen molar-refractivity contribution >= 4 is 17.8 Å². The predicted octanol–water partition coefficient (Wildman–Crippen LogP) is 2.50. The first kappa shape index (κ1) is 20.0. The molecule has 1 aliphatic rings. The summed E-state index contributed by atoms with van der Waals surface area (Å²) in [6, 6.07) is 5.14. The van der Waals surface area contributed by atoms with E-state index >= 15 is 0 Å². The van der Waals surface area contributed by atoms with E-state index in [0.717, 1.165) is 6.54 Å². The molecule has 0 aliphatic carbocycles. The van der Waals surface area contributed by atoms with E-state index in [1.807, 2.05) is 7.05 Å². The highest BCUT2D eigenvalue weighted by Gasteiger charge is 2.30. The number of nitrogens with one attached hydrogen (secondary N) is 2.